The van der Waals surface area contributed by atoms with E-state index in [0.717, 1.165) is 6.54 Å². The number of nitrogens with zero attached hydrogens (tertiary/aromatic N) is 1. The third-order valence-corrected chi connectivity index (χ3v) is 2.72. The first-order chi connectivity index (χ1) is 6.27. The van der Waals surface area contributed by atoms with Crippen LogP contribution in [0.25, 0.3) is 0 Å². The number of rotatable bonds is 1. The lowest BCUT2D eigenvalue weighted by Crippen LogP contribution is -2.30. The van der Waals surface area contributed by atoms with E-state index in [1.165, 1.54) is 24.0 Å². The average Bonchev–Trinajstić information content (AvgIpc) is 2.51. The molecule has 0 aromatic heterocycles. The maximum atomic E-state index is 5.89. The Morgan fingerprint density at radius 1 is 1.46 bits per heavy atom. The third kappa shape index (κ3) is 1.74. The second-order valence-corrected chi connectivity index (χ2v) is 3.81. The summed E-state index contributed by atoms with van der Waals surface area (Å²) >= 11 is 0. The van der Waals surface area contributed by atoms with Crippen LogP contribution in [0.5, 0.6) is 0 Å². The van der Waals surface area contributed by atoms with Crippen LogP contribution < -0.4 is 5.84 Å². The summed E-state index contributed by atoms with van der Waals surface area (Å²) in [6.07, 6.45) is 2.41. The van der Waals surface area contributed by atoms with Crippen molar-refractivity contribution >= 4 is 0 Å². The highest BCUT2D eigenvalue weighted by atomic mass is 15.4. The first-order valence-corrected chi connectivity index (χ1v) is 4.85. The average molecular weight is 176 g/mol. The molecule has 1 aromatic carbocycles. The second-order valence-electron chi connectivity index (χ2n) is 3.81. The first kappa shape index (κ1) is 8.73. The number of hydrogen-bond acceptors (Lipinski definition) is 2. The molecular weight excluding hydrogens is 160 g/mol. The Hall–Kier alpha value is -0.860. The molecule has 2 rings (SSSR count). The van der Waals surface area contributed by atoms with E-state index in [1.807, 2.05) is 5.01 Å². The molecular formula is C11H16N2. The van der Waals surface area contributed by atoms with Gasteiger partial charge in [-0.1, -0.05) is 29.8 Å². The number of hydrogen-bond donors (Lipinski definition) is 1. The van der Waals surface area contributed by atoms with Gasteiger partial charge in [-0.2, -0.15) is 0 Å². The van der Waals surface area contributed by atoms with E-state index >= 15 is 0 Å². The molecule has 13 heavy (non-hydrogen) atoms. The highest BCUT2D eigenvalue weighted by Crippen LogP contribution is 2.29. The molecule has 1 aromatic rings. The van der Waals surface area contributed by atoms with Crippen molar-refractivity contribution < 1.29 is 0 Å². The van der Waals surface area contributed by atoms with Crippen molar-refractivity contribution in [3.8, 4) is 0 Å². The summed E-state index contributed by atoms with van der Waals surface area (Å²) in [7, 11) is 0. The van der Waals surface area contributed by atoms with Crippen molar-refractivity contribution in [3.63, 3.8) is 0 Å². The molecule has 1 fully saturated rings. The van der Waals surface area contributed by atoms with Gasteiger partial charge in [0.05, 0.1) is 0 Å². The van der Waals surface area contributed by atoms with Crippen molar-refractivity contribution in [2.24, 2.45) is 5.84 Å². The summed E-state index contributed by atoms with van der Waals surface area (Å²) in [5, 5.41) is 1.95. The topological polar surface area (TPSA) is 29.3 Å². The molecule has 2 N–H and O–H groups in total. The number of benzene rings is 1. The Labute approximate surface area is 79.3 Å². The van der Waals surface area contributed by atoms with Crippen LogP contribution in [0.4, 0.5) is 0 Å². The lowest BCUT2D eigenvalue weighted by Gasteiger charge is -2.19. The molecule has 1 unspecified atom stereocenters. The number of nitrogens with two attached hydrogens (primary N) is 1. The highest BCUT2D eigenvalue weighted by molar-refractivity contribution is 5.25. The predicted molar refractivity (Wildman–Crippen MR) is 54.0 cm³/mol. The van der Waals surface area contributed by atoms with Gasteiger partial charge >= 0.3 is 0 Å². The van der Waals surface area contributed by atoms with Crippen LogP contribution in [0, 0.1) is 6.92 Å². The molecule has 0 amide bonds. The van der Waals surface area contributed by atoms with Crippen molar-refractivity contribution in [1.82, 2.24) is 5.01 Å². The fourth-order valence-corrected chi connectivity index (χ4v) is 2.02. The molecule has 0 saturated carbocycles. The third-order valence-electron chi connectivity index (χ3n) is 2.72. The molecule has 0 radical (unpaired) electrons. The minimum atomic E-state index is 0.444. The Morgan fingerprint density at radius 3 is 2.92 bits per heavy atom. The highest BCUT2D eigenvalue weighted by Gasteiger charge is 2.22. The van der Waals surface area contributed by atoms with Crippen molar-refractivity contribution in [2.45, 2.75) is 25.8 Å². The summed E-state index contributed by atoms with van der Waals surface area (Å²) in [4.78, 5) is 0. The molecule has 0 aliphatic carbocycles. The maximum absolute atomic E-state index is 5.89. The summed E-state index contributed by atoms with van der Waals surface area (Å²) in [6.45, 7) is 3.15. The monoisotopic (exact) mass is 176 g/mol. The van der Waals surface area contributed by atoms with Crippen molar-refractivity contribution in [2.75, 3.05) is 6.54 Å². The normalized spacial score (nSPS) is 23.7. The quantitative estimate of drug-likeness (QED) is 0.663. The van der Waals surface area contributed by atoms with Crippen LogP contribution in [-0.2, 0) is 0 Å². The molecule has 0 bridgehead atoms. The Balaban J connectivity index is 2.24. The van der Waals surface area contributed by atoms with Gasteiger partial charge in [-0.3, -0.25) is 5.84 Å². The molecule has 1 aliphatic rings. The molecule has 2 nitrogen and oxygen atoms in total. The summed E-state index contributed by atoms with van der Waals surface area (Å²) in [6, 6.07) is 9.08. The molecule has 2 heteroatoms. The first-order valence-electron chi connectivity index (χ1n) is 4.85. The molecule has 1 saturated heterocycles. The van der Waals surface area contributed by atoms with E-state index in [1.54, 1.807) is 0 Å². The van der Waals surface area contributed by atoms with Gasteiger partial charge in [-0.05, 0) is 25.3 Å². The summed E-state index contributed by atoms with van der Waals surface area (Å²) in [5.41, 5.74) is 2.68. The van der Waals surface area contributed by atoms with Crippen LogP contribution in [0.2, 0.25) is 0 Å². The zero-order valence-corrected chi connectivity index (χ0v) is 8.03. The Bertz CT molecular complexity index is 296. The van der Waals surface area contributed by atoms with E-state index in [2.05, 4.69) is 31.2 Å². The summed E-state index contributed by atoms with van der Waals surface area (Å²) in [5.74, 6) is 5.89. The molecule has 1 heterocycles. The molecule has 1 atom stereocenters. The zero-order valence-electron chi connectivity index (χ0n) is 8.03. The lowest BCUT2D eigenvalue weighted by molar-refractivity contribution is 0.266. The van der Waals surface area contributed by atoms with Gasteiger partial charge in [0, 0.05) is 12.6 Å². The van der Waals surface area contributed by atoms with Gasteiger partial charge < -0.3 is 0 Å². The lowest BCUT2D eigenvalue weighted by atomic mass is 10.0. The van der Waals surface area contributed by atoms with Gasteiger partial charge in [0.15, 0.2) is 0 Å². The van der Waals surface area contributed by atoms with E-state index in [4.69, 9.17) is 5.84 Å². The van der Waals surface area contributed by atoms with Crippen LogP contribution in [-0.4, -0.2) is 11.6 Å². The van der Waals surface area contributed by atoms with Crippen molar-refractivity contribution in [1.29, 1.82) is 0 Å². The fourth-order valence-electron chi connectivity index (χ4n) is 2.02. The van der Waals surface area contributed by atoms with Crippen LogP contribution in [0.1, 0.15) is 30.0 Å². The minimum absolute atomic E-state index is 0.444. The van der Waals surface area contributed by atoms with E-state index in [0.29, 0.717) is 6.04 Å². The van der Waals surface area contributed by atoms with Crippen molar-refractivity contribution in [3.05, 3.63) is 35.4 Å². The Kier molecular flexibility index (Phi) is 2.34. The van der Waals surface area contributed by atoms with Gasteiger partial charge in [0.1, 0.15) is 0 Å². The maximum Gasteiger partial charge on any atom is 0.0491 e. The molecule has 70 valence electrons. The summed E-state index contributed by atoms with van der Waals surface area (Å²) < 4.78 is 0. The van der Waals surface area contributed by atoms with Gasteiger partial charge in [0.2, 0.25) is 0 Å². The van der Waals surface area contributed by atoms with E-state index in [-0.39, 0.29) is 0 Å². The van der Waals surface area contributed by atoms with Crippen LogP contribution >= 0.6 is 0 Å². The van der Waals surface area contributed by atoms with E-state index < -0.39 is 0 Å². The van der Waals surface area contributed by atoms with E-state index in [9.17, 15) is 0 Å². The second kappa shape index (κ2) is 3.48. The molecule has 0 spiro atoms. The fraction of sp³-hybridized carbons (Fsp3) is 0.455. The van der Waals surface area contributed by atoms with Crippen LogP contribution in [0.3, 0.4) is 0 Å². The number of hydrazine groups is 1. The molecule has 1 aliphatic heterocycles. The van der Waals surface area contributed by atoms with Gasteiger partial charge in [-0.15, -0.1) is 0 Å². The van der Waals surface area contributed by atoms with Gasteiger partial charge in [0.25, 0.3) is 0 Å². The standard InChI is InChI=1S/C11H16N2/c1-9-4-2-5-10(8-9)11-6-3-7-13(11)12/h2,4-5,8,11H,3,6-7,12H2,1H3. The minimum Gasteiger partial charge on any atom is -0.268 e. The Morgan fingerprint density at radius 2 is 2.31 bits per heavy atom. The SMILES string of the molecule is Cc1cccc(C2CCCN2N)c1. The van der Waals surface area contributed by atoms with Crippen LogP contribution in [0.15, 0.2) is 24.3 Å². The smallest absolute Gasteiger partial charge is 0.0491 e. The predicted octanol–water partition coefficient (Wildman–Crippen LogP) is 2.01. The number of aryl methyl sites for hydroxylation is 1. The largest absolute Gasteiger partial charge is 0.268 e. The van der Waals surface area contributed by atoms with Gasteiger partial charge in [-0.25, -0.2) is 5.01 Å². The zero-order chi connectivity index (χ0) is 9.26.